The Hall–Kier alpha value is -0.580. The van der Waals surface area contributed by atoms with Gasteiger partial charge in [0.1, 0.15) is 0 Å². The number of amides is 1. The molecule has 0 aromatic rings. The first kappa shape index (κ1) is 13.4. The lowest BCUT2D eigenvalue weighted by atomic mass is 10.1. The van der Waals surface area contributed by atoms with Gasteiger partial charge in [0.25, 0.3) is 0 Å². The summed E-state index contributed by atoms with van der Waals surface area (Å²) in [6.07, 6.45) is 0. The molecule has 5 heteroatoms. The van der Waals surface area contributed by atoms with Crippen LogP contribution in [-0.2, 0) is 14.3 Å². The van der Waals surface area contributed by atoms with E-state index in [-0.39, 0.29) is 22.6 Å². The molecule has 0 rings (SSSR count). The molecule has 0 heterocycles. The zero-order chi connectivity index (χ0) is 11.3. The van der Waals surface area contributed by atoms with E-state index in [9.17, 15) is 9.59 Å². The van der Waals surface area contributed by atoms with Crippen LogP contribution in [0.4, 0.5) is 0 Å². The lowest BCUT2D eigenvalue weighted by molar-refractivity contribution is -0.146. The summed E-state index contributed by atoms with van der Waals surface area (Å²) in [4.78, 5) is 23.8. The summed E-state index contributed by atoms with van der Waals surface area (Å²) in [5.74, 6) is -0.632. The highest BCUT2D eigenvalue weighted by Gasteiger charge is 2.20. The summed E-state index contributed by atoms with van der Waals surface area (Å²) in [6, 6.07) is 0. The van der Waals surface area contributed by atoms with Gasteiger partial charge >= 0.3 is 5.97 Å². The van der Waals surface area contributed by atoms with Crippen molar-refractivity contribution >= 4 is 27.8 Å². The number of carbonyl (C=O) groups excluding carboxylic acids is 2. The van der Waals surface area contributed by atoms with Gasteiger partial charge in [-0.2, -0.15) is 0 Å². The van der Waals surface area contributed by atoms with E-state index in [1.165, 1.54) is 12.0 Å². The fourth-order valence-electron chi connectivity index (χ4n) is 1.08. The number of methoxy groups -OCH3 is 1. The molecule has 0 saturated heterocycles. The second-order valence-electron chi connectivity index (χ2n) is 3.26. The van der Waals surface area contributed by atoms with E-state index < -0.39 is 0 Å². The number of hydrogen-bond donors (Lipinski definition) is 0. The molecular weight excluding hydrogens is 250 g/mol. The lowest BCUT2D eigenvalue weighted by Gasteiger charge is -2.21. The number of hydrogen-bond acceptors (Lipinski definition) is 3. The molecule has 0 bridgehead atoms. The summed E-state index contributed by atoms with van der Waals surface area (Å²) in [6.45, 7) is 3.86. The SMILES string of the molecule is COC(=O)C(C)CN(C)C(=O)C(C)Br. The van der Waals surface area contributed by atoms with Crippen molar-refractivity contribution in [2.75, 3.05) is 20.7 Å². The number of alkyl halides is 1. The van der Waals surface area contributed by atoms with Crippen molar-refractivity contribution < 1.29 is 14.3 Å². The Morgan fingerprint density at radius 3 is 2.29 bits per heavy atom. The smallest absolute Gasteiger partial charge is 0.310 e. The fourth-order valence-corrected chi connectivity index (χ4v) is 1.43. The van der Waals surface area contributed by atoms with E-state index in [1.54, 1.807) is 20.9 Å². The van der Waals surface area contributed by atoms with Gasteiger partial charge in [0, 0.05) is 13.6 Å². The van der Waals surface area contributed by atoms with Gasteiger partial charge in [-0.05, 0) is 6.92 Å². The monoisotopic (exact) mass is 265 g/mol. The average Bonchev–Trinajstić information content (AvgIpc) is 2.14. The Bertz CT molecular complexity index is 218. The molecule has 0 spiro atoms. The number of rotatable bonds is 4. The van der Waals surface area contributed by atoms with Crippen LogP contribution in [0.15, 0.2) is 0 Å². The van der Waals surface area contributed by atoms with Gasteiger partial charge in [-0.3, -0.25) is 9.59 Å². The largest absolute Gasteiger partial charge is 0.469 e. The third-order valence-corrected chi connectivity index (χ3v) is 2.26. The van der Waals surface area contributed by atoms with Crippen molar-refractivity contribution in [2.45, 2.75) is 18.7 Å². The van der Waals surface area contributed by atoms with Crippen LogP contribution < -0.4 is 0 Å². The third-order valence-electron chi connectivity index (χ3n) is 1.87. The molecule has 0 fully saturated rings. The first-order chi connectivity index (χ1) is 6.40. The van der Waals surface area contributed by atoms with Crippen LogP contribution in [0.1, 0.15) is 13.8 Å². The second-order valence-corrected chi connectivity index (χ2v) is 4.63. The minimum atomic E-state index is -0.299. The number of ether oxygens (including phenoxy) is 1. The normalized spacial score (nSPS) is 14.4. The predicted molar refractivity (Wildman–Crippen MR) is 57.2 cm³/mol. The highest BCUT2D eigenvalue weighted by molar-refractivity contribution is 9.10. The molecule has 0 aliphatic carbocycles. The van der Waals surface area contributed by atoms with E-state index in [2.05, 4.69) is 20.7 Å². The van der Waals surface area contributed by atoms with Crippen molar-refractivity contribution in [3.8, 4) is 0 Å². The van der Waals surface area contributed by atoms with Crippen molar-refractivity contribution in [3.05, 3.63) is 0 Å². The van der Waals surface area contributed by atoms with Crippen LogP contribution in [-0.4, -0.2) is 42.3 Å². The lowest BCUT2D eigenvalue weighted by Crippen LogP contribution is -2.37. The summed E-state index contributed by atoms with van der Waals surface area (Å²) >= 11 is 3.18. The standard InChI is InChI=1S/C9H16BrNO3/c1-6(9(13)14-4)5-11(3)8(12)7(2)10/h6-7H,5H2,1-4H3. The molecular formula is C9H16BrNO3. The molecule has 14 heavy (non-hydrogen) atoms. The summed E-state index contributed by atoms with van der Waals surface area (Å²) < 4.78 is 4.56. The second kappa shape index (κ2) is 6.01. The minimum absolute atomic E-state index is 0.0410. The van der Waals surface area contributed by atoms with Gasteiger partial charge in [0.05, 0.1) is 17.9 Å². The number of nitrogens with zero attached hydrogens (tertiary/aromatic N) is 1. The van der Waals surface area contributed by atoms with E-state index in [1.807, 2.05) is 0 Å². The molecule has 82 valence electrons. The summed E-state index contributed by atoms with van der Waals surface area (Å²) in [5.41, 5.74) is 0. The van der Waals surface area contributed by atoms with Crippen LogP contribution >= 0.6 is 15.9 Å². The quantitative estimate of drug-likeness (QED) is 0.564. The zero-order valence-electron chi connectivity index (χ0n) is 8.91. The fraction of sp³-hybridized carbons (Fsp3) is 0.778. The van der Waals surface area contributed by atoms with Crippen molar-refractivity contribution in [1.29, 1.82) is 0 Å². The molecule has 2 unspecified atom stereocenters. The van der Waals surface area contributed by atoms with E-state index in [0.717, 1.165) is 0 Å². The highest BCUT2D eigenvalue weighted by atomic mass is 79.9. The average molecular weight is 266 g/mol. The van der Waals surface area contributed by atoms with Crippen molar-refractivity contribution in [1.82, 2.24) is 4.90 Å². The van der Waals surface area contributed by atoms with Crippen LogP contribution in [0.25, 0.3) is 0 Å². The molecule has 2 atom stereocenters. The van der Waals surface area contributed by atoms with Crippen LogP contribution in [0, 0.1) is 5.92 Å². The maximum absolute atomic E-state index is 11.4. The van der Waals surface area contributed by atoms with Crippen LogP contribution in [0.3, 0.4) is 0 Å². The minimum Gasteiger partial charge on any atom is -0.469 e. The van der Waals surface area contributed by atoms with E-state index in [0.29, 0.717) is 6.54 Å². The molecule has 0 N–H and O–H groups in total. The van der Waals surface area contributed by atoms with Gasteiger partial charge in [0.15, 0.2) is 0 Å². The number of halogens is 1. The van der Waals surface area contributed by atoms with Crippen LogP contribution in [0.5, 0.6) is 0 Å². The first-order valence-corrected chi connectivity index (χ1v) is 5.28. The molecule has 0 radical (unpaired) electrons. The Balaban J connectivity index is 4.12. The van der Waals surface area contributed by atoms with Gasteiger partial charge in [-0.25, -0.2) is 0 Å². The summed E-state index contributed by atoms with van der Waals surface area (Å²) in [7, 11) is 3.01. The molecule has 0 saturated carbocycles. The van der Waals surface area contributed by atoms with E-state index >= 15 is 0 Å². The van der Waals surface area contributed by atoms with Crippen molar-refractivity contribution in [2.24, 2.45) is 5.92 Å². The number of carbonyl (C=O) groups is 2. The van der Waals surface area contributed by atoms with Crippen LogP contribution in [0.2, 0.25) is 0 Å². The number of esters is 1. The summed E-state index contributed by atoms with van der Waals surface area (Å²) in [5, 5.41) is 0. The molecule has 0 aliphatic rings. The Kier molecular flexibility index (Phi) is 5.76. The topological polar surface area (TPSA) is 46.6 Å². The Morgan fingerprint density at radius 2 is 1.93 bits per heavy atom. The van der Waals surface area contributed by atoms with E-state index in [4.69, 9.17) is 0 Å². The van der Waals surface area contributed by atoms with Crippen molar-refractivity contribution in [3.63, 3.8) is 0 Å². The maximum Gasteiger partial charge on any atom is 0.310 e. The third kappa shape index (κ3) is 4.09. The first-order valence-electron chi connectivity index (χ1n) is 4.37. The molecule has 1 amide bonds. The Labute approximate surface area is 92.7 Å². The predicted octanol–water partition coefficient (Wildman–Crippen LogP) is 1.04. The Morgan fingerprint density at radius 1 is 1.43 bits per heavy atom. The highest BCUT2D eigenvalue weighted by Crippen LogP contribution is 2.06. The van der Waals surface area contributed by atoms with Gasteiger partial charge in [-0.1, -0.05) is 22.9 Å². The van der Waals surface area contributed by atoms with Gasteiger partial charge in [-0.15, -0.1) is 0 Å². The molecule has 4 nitrogen and oxygen atoms in total. The molecule has 0 aromatic heterocycles. The molecule has 0 aliphatic heterocycles. The molecule has 0 aromatic carbocycles. The maximum atomic E-state index is 11.4. The van der Waals surface area contributed by atoms with Gasteiger partial charge in [0.2, 0.25) is 5.91 Å². The van der Waals surface area contributed by atoms with Gasteiger partial charge < -0.3 is 9.64 Å². The zero-order valence-corrected chi connectivity index (χ0v) is 10.5.